The summed E-state index contributed by atoms with van der Waals surface area (Å²) in [5, 5.41) is 0. The molecule has 1 fully saturated rings. The monoisotopic (exact) mass is 254 g/mol. The summed E-state index contributed by atoms with van der Waals surface area (Å²) in [6.07, 6.45) is 2.76. The largest absolute Gasteiger partial charge is 0.496 e. The normalized spacial score (nSPS) is 26.7. The molecule has 4 nitrogen and oxygen atoms in total. The minimum atomic E-state index is -2.91. The van der Waals surface area contributed by atoms with Crippen LogP contribution in [0.25, 0.3) is 0 Å². The minimum Gasteiger partial charge on any atom is -0.492 e. The topological polar surface area (TPSA) is 40.6 Å². The van der Waals surface area contributed by atoms with Gasteiger partial charge < -0.3 is 14.0 Å². The van der Waals surface area contributed by atoms with Crippen molar-refractivity contribution in [3.63, 3.8) is 0 Å². The first-order valence-electron chi connectivity index (χ1n) is 8.25. The summed E-state index contributed by atoms with van der Waals surface area (Å²) in [5.74, 6) is -0.00154. The van der Waals surface area contributed by atoms with Gasteiger partial charge in [-0.3, -0.25) is 4.98 Å². The number of hydrogen-bond acceptors (Lipinski definition) is 4. The predicted molar refractivity (Wildman–Crippen MR) is 71.1 cm³/mol. The van der Waals surface area contributed by atoms with Crippen molar-refractivity contribution in [2.45, 2.75) is 45.7 Å². The fourth-order valence-corrected chi connectivity index (χ4v) is 1.66. The molecule has 18 heavy (non-hydrogen) atoms. The highest BCUT2D eigenvalue weighted by Crippen LogP contribution is 2.36. The highest BCUT2D eigenvalue weighted by Gasteiger charge is 2.51. The molecule has 0 aliphatic carbocycles. The van der Waals surface area contributed by atoms with E-state index in [0.717, 1.165) is 0 Å². The molecule has 98 valence electrons. The van der Waals surface area contributed by atoms with E-state index in [4.69, 9.17) is 20.9 Å². The van der Waals surface area contributed by atoms with Crippen LogP contribution in [0.15, 0.2) is 18.5 Å². The van der Waals surface area contributed by atoms with Gasteiger partial charge in [0.15, 0.2) is 0 Å². The van der Waals surface area contributed by atoms with Crippen LogP contribution in [0.5, 0.6) is 5.75 Å². The molecule has 0 spiro atoms. The Morgan fingerprint density at radius 3 is 2.61 bits per heavy atom. The number of pyridine rings is 1. The molecule has 0 radical (unpaired) electrons. The van der Waals surface area contributed by atoms with Gasteiger partial charge in [-0.1, -0.05) is 0 Å². The molecule has 1 aliphatic rings. The van der Waals surface area contributed by atoms with E-state index in [1.165, 1.54) is 18.5 Å². The van der Waals surface area contributed by atoms with Crippen LogP contribution in [-0.4, -0.2) is 29.9 Å². The van der Waals surface area contributed by atoms with Gasteiger partial charge in [0.2, 0.25) is 0 Å². The fraction of sp³-hybridized carbons (Fsp3) is 0.615. The van der Waals surface area contributed by atoms with Crippen molar-refractivity contribution in [1.29, 1.82) is 0 Å². The molecule has 0 bridgehead atoms. The average molecular weight is 254 g/mol. The van der Waals surface area contributed by atoms with E-state index in [9.17, 15) is 0 Å². The molecule has 2 rings (SSSR count). The third-order valence-electron chi connectivity index (χ3n) is 3.43. The van der Waals surface area contributed by atoms with E-state index in [1.54, 1.807) is 0 Å². The Balaban J connectivity index is 2.22. The molecule has 1 aromatic heterocycles. The zero-order valence-electron chi connectivity index (χ0n) is 16.0. The second kappa shape index (κ2) is 4.55. The second-order valence-electron chi connectivity index (χ2n) is 5.25. The van der Waals surface area contributed by atoms with Crippen molar-refractivity contribution in [3.05, 3.63) is 18.5 Å². The van der Waals surface area contributed by atoms with Gasteiger partial charge in [-0.25, -0.2) is 0 Å². The van der Waals surface area contributed by atoms with E-state index < -0.39 is 31.7 Å². The van der Waals surface area contributed by atoms with Gasteiger partial charge in [0.05, 0.1) is 26.7 Å². The Hall–Kier alpha value is -1.07. The molecule has 0 aromatic carbocycles. The van der Waals surface area contributed by atoms with Gasteiger partial charge in [0.25, 0.3) is 0 Å². The molecular formula is C13H20BNO3. The minimum absolute atomic E-state index is 0.00154. The second-order valence-corrected chi connectivity index (χ2v) is 5.25. The number of aromatic nitrogens is 1. The molecule has 0 saturated carbocycles. The number of nitrogens with zero attached hydrogens (tertiary/aromatic N) is 1. The predicted octanol–water partition coefficient (Wildman–Crippen LogP) is 1.78. The first-order chi connectivity index (χ1) is 10.3. The summed E-state index contributed by atoms with van der Waals surface area (Å²) >= 11 is 0. The maximum absolute atomic E-state index is 7.51. The van der Waals surface area contributed by atoms with E-state index in [-0.39, 0.29) is 5.75 Å². The zero-order valence-corrected chi connectivity index (χ0v) is 11.0. The molecule has 5 heteroatoms. The lowest BCUT2D eigenvalue weighted by atomic mass is 9.80. The first kappa shape index (κ1) is 8.18. The van der Waals surface area contributed by atoms with Crippen LogP contribution >= 0.6 is 0 Å². The molecule has 0 amide bonds. The lowest BCUT2D eigenvalue weighted by Gasteiger charge is -2.32. The molecule has 0 N–H and O–H groups in total. The number of rotatable bonds is 3. The Kier molecular flexibility index (Phi) is 2.07. The van der Waals surface area contributed by atoms with Crippen LogP contribution in [0, 0.1) is 0 Å². The maximum Gasteiger partial charge on any atom is 0.496 e. The third-order valence-corrected chi connectivity index (χ3v) is 3.43. The van der Waals surface area contributed by atoms with Gasteiger partial charge in [-0.2, -0.15) is 0 Å². The average Bonchev–Trinajstić information content (AvgIpc) is 2.57. The molecule has 1 aromatic rings. The van der Waals surface area contributed by atoms with E-state index in [1.807, 2.05) is 27.7 Å². The SMILES string of the molecule is [2H]C([2H])([2H])C([2H])([2H])Oc1cncc(B2OC(C)(C)C(C)(C)O2)c1. The van der Waals surface area contributed by atoms with Crippen LogP contribution in [-0.2, 0) is 9.31 Å². The standard InChI is InChI=1S/C13H20BNO3/c1-6-16-11-7-10(8-15-9-11)14-17-12(2,3)13(4,5)18-14/h7-9H,6H2,1-5H3/i1D3,6D2. The van der Waals surface area contributed by atoms with Crippen molar-refractivity contribution in [1.82, 2.24) is 4.98 Å². The van der Waals surface area contributed by atoms with Gasteiger partial charge in [0, 0.05) is 15.8 Å². The van der Waals surface area contributed by atoms with Gasteiger partial charge in [0.1, 0.15) is 5.75 Å². The van der Waals surface area contributed by atoms with Crippen molar-refractivity contribution in [2.75, 3.05) is 6.56 Å². The van der Waals surface area contributed by atoms with E-state index >= 15 is 0 Å². The molecule has 2 heterocycles. The maximum atomic E-state index is 7.51. The number of hydrogen-bond donors (Lipinski definition) is 0. The highest BCUT2D eigenvalue weighted by molar-refractivity contribution is 6.62. The van der Waals surface area contributed by atoms with Crippen molar-refractivity contribution < 1.29 is 20.9 Å². The molecule has 1 aliphatic heterocycles. The molecule has 0 unspecified atom stereocenters. The smallest absolute Gasteiger partial charge is 0.492 e. The Bertz CT molecular complexity index is 575. The third kappa shape index (κ3) is 2.38. The van der Waals surface area contributed by atoms with Gasteiger partial charge >= 0.3 is 7.12 Å². The Labute approximate surface area is 116 Å². The number of ether oxygens (including phenoxy) is 1. The van der Waals surface area contributed by atoms with Crippen molar-refractivity contribution in [2.24, 2.45) is 0 Å². The van der Waals surface area contributed by atoms with Crippen LogP contribution in [0.1, 0.15) is 41.4 Å². The highest BCUT2D eigenvalue weighted by atomic mass is 16.7. The van der Waals surface area contributed by atoms with Crippen LogP contribution in [0.4, 0.5) is 0 Å². The Morgan fingerprint density at radius 1 is 1.33 bits per heavy atom. The fourth-order valence-electron chi connectivity index (χ4n) is 1.66. The van der Waals surface area contributed by atoms with Crippen LogP contribution in [0.3, 0.4) is 0 Å². The van der Waals surface area contributed by atoms with Crippen LogP contribution in [0.2, 0.25) is 0 Å². The summed E-state index contributed by atoms with van der Waals surface area (Å²) in [5.41, 5.74) is -0.522. The molecule has 1 saturated heterocycles. The van der Waals surface area contributed by atoms with Crippen molar-refractivity contribution in [3.8, 4) is 5.75 Å². The summed E-state index contributed by atoms with van der Waals surface area (Å²) < 4.78 is 53.3. The lowest BCUT2D eigenvalue weighted by Crippen LogP contribution is -2.41. The summed E-state index contributed by atoms with van der Waals surface area (Å²) in [6, 6.07) is 1.47. The quantitative estimate of drug-likeness (QED) is 0.771. The summed E-state index contributed by atoms with van der Waals surface area (Å²) in [7, 11) is -0.685. The summed E-state index contributed by atoms with van der Waals surface area (Å²) in [6.45, 7) is 1.92. The van der Waals surface area contributed by atoms with Gasteiger partial charge in [-0.05, 0) is 40.6 Å². The zero-order chi connectivity index (χ0) is 17.7. The lowest BCUT2D eigenvalue weighted by molar-refractivity contribution is 0.00578. The van der Waals surface area contributed by atoms with E-state index in [0.29, 0.717) is 5.46 Å². The molecular weight excluding hydrogens is 229 g/mol. The van der Waals surface area contributed by atoms with Crippen molar-refractivity contribution >= 4 is 12.6 Å². The Morgan fingerprint density at radius 2 is 2.00 bits per heavy atom. The summed E-state index contributed by atoms with van der Waals surface area (Å²) in [4.78, 5) is 3.96. The molecule has 0 atom stereocenters. The van der Waals surface area contributed by atoms with Gasteiger partial charge in [-0.15, -0.1) is 0 Å². The van der Waals surface area contributed by atoms with Crippen LogP contribution < -0.4 is 10.2 Å². The first-order valence-corrected chi connectivity index (χ1v) is 5.75. The van der Waals surface area contributed by atoms with E-state index in [2.05, 4.69) is 4.98 Å².